The second-order valence-electron chi connectivity index (χ2n) is 6.09. The molecule has 2 N–H and O–H groups in total. The maximum absolute atomic E-state index is 9.43. The molecule has 0 bridgehead atoms. The van der Waals surface area contributed by atoms with Crippen LogP contribution in [0.25, 0.3) is 16.3 Å². The highest BCUT2D eigenvalue weighted by atomic mass is 35.5. The number of rotatable bonds is 6. The maximum atomic E-state index is 9.43. The van der Waals surface area contributed by atoms with Gasteiger partial charge in [-0.05, 0) is 24.3 Å². The summed E-state index contributed by atoms with van der Waals surface area (Å²) in [4.78, 5) is 3.36. The van der Waals surface area contributed by atoms with E-state index in [0.717, 1.165) is 21.2 Å². The predicted octanol–water partition coefficient (Wildman–Crippen LogP) is 0.644. The number of hydrogen-bond acceptors (Lipinski definition) is 5. The highest BCUT2D eigenvalue weighted by molar-refractivity contribution is 8.03. The van der Waals surface area contributed by atoms with Crippen molar-refractivity contribution in [2.45, 2.75) is 11.4 Å². The first-order valence-corrected chi connectivity index (χ1v) is 10.5. The highest BCUT2D eigenvalue weighted by Crippen LogP contribution is 2.45. The lowest BCUT2D eigenvalue weighted by Gasteiger charge is -2.18. The van der Waals surface area contributed by atoms with Crippen molar-refractivity contribution in [3.63, 3.8) is 0 Å². The van der Waals surface area contributed by atoms with Crippen LogP contribution in [0.5, 0.6) is 0 Å². The van der Waals surface area contributed by atoms with Crippen LogP contribution < -0.4 is 21.9 Å². The van der Waals surface area contributed by atoms with Crippen LogP contribution in [0.2, 0.25) is 0 Å². The molecule has 0 spiro atoms. The zero-order valence-corrected chi connectivity index (χ0v) is 17.6. The van der Waals surface area contributed by atoms with E-state index in [0.29, 0.717) is 13.1 Å². The molecule has 4 nitrogen and oxygen atoms in total. The Kier molecular flexibility index (Phi) is 7.15. The Labute approximate surface area is 178 Å². The van der Waals surface area contributed by atoms with E-state index in [4.69, 9.17) is 0 Å². The molecular formula is C21H21ClN2O2S2. The lowest BCUT2D eigenvalue weighted by atomic mass is 10.3. The summed E-state index contributed by atoms with van der Waals surface area (Å²) in [5.41, 5.74) is 2.29. The second kappa shape index (κ2) is 9.58. The topological polar surface area (TPSA) is 47.6 Å². The largest absolute Gasteiger partial charge is 1.00 e. The molecule has 0 saturated carbocycles. The Morgan fingerprint density at radius 2 is 1.79 bits per heavy atom. The Hall–Kier alpha value is -1.83. The van der Waals surface area contributed by atoms with Crippen molar-refractivity contribution in [2.75, 3.05) is 24.7 Å². The molecule has 0 radical (unpaired) electrons. The molecule has 0 unspecified atom stereocenters. The quantitative estimate of drug-likeness (QED) is 0.561. The lowest BCUT2D eigenvalue weighted by Crippen LogP contribution is -3.00. The monoisotopic (exact) mass is 432 g/mol. The van der Waals surface area contributed by atoms with Crippen molar-refractivity contribution in [1.82, 2.24) is 0 Å². The molecule has 0 atom stereocenters. The average Bonchev–Trinajstić information content (AvgIpc) is 3.21. The van der Waals surface area contributed by atoms with Crippen molar-refractivity contribution in [3.05, 3.63) is 70.7 Å². The number of halogens is 1. The third-order valence-corrected chi connectivity index (χ3v) is 6.66. The summed E-state index contributed by atoms with van der Waals surface area (Å²) in [5, 5.41) is 21.1. The van der Waals surface area contributed by atoms with Crippen molar-refractivity contribution in [1.29, 1.82) is 0 Å². The summed E-state index contributed by atoms with van der Waals surface area (Å²) in [5.74, 6) is 0. The van der Waals surface area contributed by atoms with Crippen LogP contribution in [0.15, 0.2) is 70.6 Å². The molecular weight excluding hydrogens is 412 g/mol. The van der Waals surface area contributed by atoms with Gasteiger partial charge in [-0.25, -0.2) is 0 Å². The number of allylic oxidation sites excluding steroid dienone is 2. The van der Waals surface area contributed by atoms with Gasteiger partial charge in [-0.1, -0.05) is 53.4 Å². The smallest absolute Gasteiger partial charge is 0.262 e. The number of anilines is 1. The van der Waals surface area contributed by atoms with E-state index in [1.54, 1.807) is 23.1 Å². The average molecular weight is 433 g/mol. The van der Waals surface area contributed by atoms with Crippen LogP contribution in [0.4, 0.5) is 5.69 Å². The number of nitrogens with zero attached hydrogens (tertiary/aromatic N) is 2. The van der Waals surface area contributed by atoms with Crippen LogP contribution >= 0.6 is 23.1 Å². The molecule has 0 aliphatic carbocycles. The SMILES string of the molecule is OCCN1/C(=C\C=C\c2sc3ccccc3[n+]2CCO)Sc2ccccc21.[Cl-]. The van der Waals surface area contributed by atoms with Crippen LogP contribution in [0, 0.1) is 0 Å². The molecule has 7 heteroatoms. The number of para-hydroxylation sites is 2. The summed E-state index contributed by atoms with van der Waals surface area (Å²) in [6.45, 7) is 1.39. The number of aliphatic hydroxyl groups excluding tert-OH is 2. The van der Waals surface area contributed by atoms with Crippen LogP contribution in [-0.2, 0) is 6.54 Å². The number of aliphatic hydroxyl groups is 2. The van der Waals surface area contributed by atoms with E-state index >= 15 is 0 Å². The Morgan fingerprint density at radius 1 is 1.00 bits per heavy atom. The van der Waals surface area contributed by atoms with Crippen molar-refractivity contribution in [2.24, 2.45) is 0 Å². The minimum absolute atomic E-state index is 0. The normalized spacial score (nSPS) is 14.8. The van der Waals surface area contributed by atoms with Gasteiger partial charge in [0.15, 0.2) is 6.54 Å². The number of benzene rings is 2. The Morgan fingerprint density at radius 3 is 2.61 bits per heavy atom. The van der Waals surface area contributed by atoms with Gasteiger partial charge in [-0.2, -0.15) is 4.57 Å². The van der Waals surface area contributed by atoms with Gasteiger partial charge in [-0.15, -0.1) is 0 Å². The molecule has 2 aromatic carbocycles. The molecule has 0 saturated heterocycles. The first-order chi connectivity index (χ1) is 13.3. The molecule has 4 rings (SSSR count). The van der Waals surface area contributed by atoms with Gasteiger partial charge in [0.05, 0.1) is 17.3 Å². The van der Waals surface area contributed by atoms with E-state index in [2.05, 4.69) is 52.0 Å². The first kappa shape index (κ1) is 20.9. The van der Waals surface area contributed by atoms with Gasteiger partial charge in [0, 0.05) is 23.6 Å². The fourth-order valence-corrected chi connectivity index (χ4v) is 5.43. The number of fused-ring (bicyclic) bond motifs is 2. The molecule has 1 aliphatic rings. The fourth-order valence-electron chi connectivity index (χ4n) is 3.23. The van der Waals surface area contributed by atoms with E-state index in [9.17, 15) is 10.2 Å². The zero-order valence-electron chi connectivity index (χ0n) is 15.2. The summed E-state index contributed by atoms with van der Waals surface area (Å²) < 4.78 is 3.36. The van der Waals surface area contributed by atoms with Crippen LogP contribution in [-0.4, -0.2) is 30.0 Å². The van der Waals surface area contributed by atoms with Crippen molar-refractivity contribution in [3.8, 4) is 0 Å². The van der Waals surface area contributed by atoms with Gasteiger partial charge in [0.25, 0.3) is 5.01 Å². The minimum Gasteiger partial charge on any atom is -1.00 e. The van der Waals surface area contributed by atoms with Gasteiger partial charge in [-0.3, -0.25) is 0 Å². The molecule has 0 amide bonds. The maximum Gasteiger partial charge on any atom is 0.262 e. The van der Waals surface area contributed by atoms with Gasteiger partial charge < -0.3 is 27.5 Å². The summed E-state index contributed by atoms with van der Waals surface area (Å²) in [7, 11) is 0. The van der Waals surface area contributed by atoms with E-state index in [1.807, 2.05) is 24.3 Å². The number of hydrogen-bond donors (Lipinski definition) is 2. The van der Waals surface area contributed by atoms with Gasteiger partial charge >= 0.3 is 0 Å². The fraction of sp³-hybridized carbons (Fsp3) is 0.190. The molecule has 1 aromatic heterocycles. The van der Waals surface area contributed by atoms with Crippen molar-refractivity contribution >= 4 is 45.1 Å². The summed E-state index contributed by atoms with van der Waals surface area (Å²) >= 11 is 3.44. The number of thiazole rings is 1. The zero-order chi connectivity index (χ0) is 18.6. The number of β-amino-alcohol motifs (C(OH)–C–C–N with tert-alkyl or cyclic N) is 1. The van der Waals surface area contributed by atoms with E-state index in [-0.39, 0.29) is 25.6 Å². The molecule has 0 fully saturated rings. The molecule has 28 heavy (non-hydrogen) atoms. The predicted molar refractivity (Wildman–Crippen MR) is 113 cm³/mol. The lowest BCUT2D eigenvalue weighted by molar-refractivity contribution is -0.670. The third kappa shape index (κ3) is 4.11. The number of aromatic nitrogens is 1. The number of thioether (sulfide) groups is 1. The Balaban J connectivity index is 0.00000225. The molecule has 3 aromatic rings. The first-order valence-electron chi connectivity index (χ1n) is 8.87. The summed E-state index contributed by atoms with van der Waals surface area (Å²) in [6, 6.07) is 16.5. The van der Waals surface area contributed by atoms with Gasteiger partial charge in [0.1, 0.15) is 11.3 Å². The second-order valence-corrected chi connectivity index (χ2v) is 8.22. The van der Waals surface area contributed by atoms with E-state index in [1.165, 1.54) is 9.60 Å². The highest BCUT2D eigenvalue weighted by Gasteiger charge is 2.23. The third-order valence-electron chi connectivity index (χ3n) is 4.40. The standard InChI is InChI=1S/C21H21N2O2S2.ClH/c24-14-12-22-16-6-1-3-8-18(16)26-20(22)10-5-11-21-23(13-15-25)17-7-2-4-9-19(17)27-21;/h1-11,24-25H,12-15H2;1H/q+1;/p-1. The summed E-state index contributed by atoms with van der Waals surface area (Å²) in [6.07, 6.45) is 6.24. The van der Waals surface area contributed by atoms with Crippen LogP contribution in [0.3, 0.4) is 0 Å². The van der Waals surface area contributed by atoms with E-state index < -0.39 is 0 Å². The molecule has 146 valence electrons. The molecule has 2 heterocycles. The Bertz CT molecular complexity index is 1020. The van der Waals surface area contributed by atoms with Crippen molar-refractivity contribution < 1.29 is 27.2 Å². The van der Waals surface area contributed by atoms with Crippen LogP contribution in [0.1, 0.15) is 5.01 Å². The minimum atomic E-state index is 0. The molecule has 1 aliphatic heterocycles. The van der Waals surface area contributed by atoms with Gasteiger partial charge in [0.2, 0.25) is 5.52 Å².